The molecule has 0 aromatic carbocycles. The Bertz CT molecular complexity index is 734. The van der Waals surface area contributed by atoms with E-state index >= 15 is 0 Å². The number of ether oxygens (including phenoxy) is 3. The van der Waals surface area contributed by atoms with Crippen LogP contribution in [0.4, 0.5) is 0 Å². The van der Waals surface area contributed by atoms with Crippen LogP contribution in [0.15, 0.2) is 0 Å². The summed E-state index contributed by atoms with van der Waals surface area (Å²) < 4.78 is 41.6. The lowest BCUT2D eigenvalue weighted by molar-refractivity contribution is 0.0130. The lowest BCUT2D eigenvalue weighted by atomic mass is 10.1. The highest BCUT2D eigenvalue weighted by molar-refractivity contribution is 7.91. The number of sulfone groups is 1. The monoisotopic (exact) mass is 461 g/mol. The largest absolute Gasteiger partial charge is 0.378 e. The van der Waals surface area contributed by atoms with E-state index < -0.39 is 9.84 Å². The van der Waals surface area contributed by atoms with Crippen molar-refractivity contribution in [2.45, 2.75) is 51.6 Å². The van der Waals surface area contributed by atoms with E-state index in [1.165, 1.54) is 6.26 Å². The van der Waals surface area contributed by atoms with Crippen LogP contribution >= 0.6 is 0 Å². The molecule has 11 heteroatoms. The zero-order chi connectivity index (χ0) is 22.7. The molecule has 1 saturated heterocycles. The summed E-state index contributed by atoms with van der Waals surface area (Å²) in [5.41, 5.74) is 1.99. The van der Waals surface area contributed by atoms with Crippen LogP contribution in [0.3, 0.4) is 0 Å². The van der Waals surface area contributed by atoms with Gasteiger partial charge in [-0.15, -0.1) is 5.10 Å². The van der Waals surface area contributed by atoms with Gasteiger partial charge >= 0.3 is 0 Å². The average Bonchev–Trinajstić information content (AvgIpc) is 3.05. The van der Waals surface area contributed by atoms with E-state index in [1.807, 2.05) is 4.68 Å². The molecule has 1 N–H and O–H groups in total. The summed E-state index contributed by atoms with van der Waals surface area (Å²) in [7, 11) is -2.95. The van der Waals surface area contributed by atoms with E-state index in [0.717, 1.165) is 24.4 Å². The fourth-order valence-electron chi connectivity index (χ4n) is 3.30. The second-order valence-electron chi connectivity index (χ2n) is 8.15. The number of hydrogen-bond donors (Lipinski definition) is 1. The van der Waals surface area contributed by atoms with E-state index in [0.29, 0.717) is 71.9 Å². The van der Waals surface area contributed by atoms with Gasteiger partial charge in [-0.25, -0.2) is 13.1 Å². The zero-order valence-corrected chi connectivity index (χ0v) is 20.2. The van der Waals surface area contributed by atoms with Crippen LogP contribution in [-0.2, 0) is 43.6 Å². The summed E-state index contributed by atoms with van der Waals surface area (Å²) in [4.78, 5) is 2.09. The summed E-state index contributed by atoms with van der Waals surface area (Å²) in [5.74, 6) is 0. The lowest BCUT2D eigenvalue weighted by Crippen LogP contribution is -2.53. The normalized spacial score (nSPS) is 15.6. The predicted molar refractivity (Wildman–Crippen MR) is 119 cm³/mol. The third-order valence-corrected chi connectivity index (χ3v) is 6.66. The molecule has 0 unspecified atom stereocenters. The summed E-state index contributed by atoms with van der Waals surface area (Å²) in [6.07, 6.45) is 2.12. The van der Waals surface area contributed by atoms with Gasteiger partial charge in [0.2, 0.25) is 0 Å². The van der Waals surface area contributed by atoms with Crippen molar-refractivity contribution in [2.24, 2.45) is 0 Å². The number of likely N-dealkylation sites (tertiary alicyclic amines) is 1. The number of aromatic nitrogens is 3. The standard InChI is InChI=1S/C20H39N5O5S/c1-5-20-19(16-24-14-18(15-24)31(4,26)27)22-23-25(20)7-9-29-11-13-30-12-10-28-8-6-21-17(2)3/h17-18,21H,5-16H2,1-4H3. The number of nitrogens with zero attached hydrogens (tertiary/aromatic N) is 4. The maximum absolute atomic E-state index is 11.6. The zero-order valence-electron chi connectivity index (χ0n) is 19.4. The van der Waals surface area contributed by atoms with Crippen LogP contribution in [0.1, 0.15) is 32.2 Å². The number of rotatable bonds is 17. The Morgan fingerprint density at radius 3 is 2.26 bits per heavy atom. The smallest absolute Gasteiger partial charge is 0.152 e. The van der Waals surface area contributed by atoms with Crippen molar-refractivity contribution in [3.8, 4) is 0 Å². The highest BCUT2D eigenvalue weighted by atomic mass is 32.2. The SMILES string of the molecule is CCc1c(CN2CC(S(C)(=O)=O)C2)nnn1CCOCCOCCOCCNC(C)C. The van der Waals surface area contributed by atoms with Gasteiger partial charge in [0.15, 0.2) is 9.84 Å². The molecule has 0 aliphatic carbocycles. The van der Waals surface area contributed by atoms with Gasteiger partial charge in [0.25, 0.3) is 0 Å². The van der Waals surface area contributed by atoms with Gasteiger partial charge < -0.3 is 19.5 Å². The third kappa shape index (κ3) is 9.50. The van der Waals surface area contributed by atoms with E-state index in [4.69, 9.17) is 14.2 Å². The predicted octanol–water partition coefficient (Wildman–Crippen LogP) is 0.117. The highest BCUT2D eigenvalue weighted by Gasteiger charge is 2.35. The van der Waals surface area contributed by atoms with Gasteiger partial charge in [-0.05, 0) is 6.42 Å². The van der Waals surface area contributed by atoms with Crippen molar-refractivity contribution >= 4 is 9.84 Å². The van der Waals surface area contributed by atoms with Crippen molar-refractivity contribution < 1.29 is 22.6 Å². The maximum Gasteiger partial charge on any atom is 0.152 e. The van der Waals surface area contributed by atoms with Crippen LogP contribution < -0.4 is 5.32 Å². The Hall–Kier alpha value is -1.11. The summed E-state index contributed by atoms with van der Waals surface area (Å²) in [5, 5.41) is 11.6. The molecule has 10 nitrogen and oxygen atoms in total. The van der Waals surface area contributed by atoms with E-state index in [9.17, 15) is 8.42 Å². The van der Waals surface area contributed by atoms with Crippen LogP contribution in [0.5, 0.6) is 0 Å². The average molecular weight is 462 g/mol. The Morgan fingerprint density at radius 2 is 1.68 bits per heavy atom. The first-order valence-electron chi connectivity index (χ1n) is 11.1. The summed E-state index contributed by atoms with van der Waals surface area (Å²) >= 11 is 0. The minimum atomic E-state index is -2.95. The van der Waals surface area contributed by atoms with Crippen molar-refractivity contribution in [3.05, 3.63) is 11.4 Å². The van der Waals surface area contributed by atoms with E-state index in [1.54, 1.807) is 0 Å². The van der Waals surface area contributed by atoms with E-state index in [-0.39, 0.29) is 5.25 Å². The highest BCUT2D eigenvalue weighted by Crippen LogP contribution is 2.19. The first-order valence-corrected chi connectivity index (χ1v) is 13.1. The molecule has 1 fully saturated rings. The maximum atomic E-state index is 11.6. The molecule has 0 atom stereocenters. The number of hydrogen-bond acceptors (Lipinski definition) is 9. The third-order valence-electron chi connectivity index (χ3n) is 5.15. The molecule has 2 heterocycles. The molecule has 1 aliphatic heterocycles. The molecule has 1 aromatic heterocycles. The van der Waals surface area contributed by atoms with Gasteiger partial charge in [-0.1, -0.05) is 26.0 Å². The van der Waals surface area contributed by atoms with Crippen molar-refractivity contribution in [2.75, 3.05) is 65.5 Å². The molecular formula is C20H39N5O5S. The minimum absolute atomic E-state index is 0.253. The molecular weight excluding hydrogens is 422 g/mol. The van der Waals surface area contributed by atoms with Crippen molar-refractivity contribution in [1.29, 1.82) is 0 Å². The molecule has 0 amide bonds. The lowest BCUT2D eigenvalue weighted by Gasteiger charge is -2.37. The molecule has 31 heavy (non-hydrogen) atoms. The van der Waals surface area contributed by atoms with Gasteiger partial charge in [0, 0.05) is 38.5 Å². The molecule has 180 valence electrons. The second-order valence-corrected chi connectivity index (χ2v) is 10.5. The van der Waals surface area contributed by atoms with Gasteiger partial charge in [-0.3, -0.25) is 4.90 Å². The van der Waals surface area contributed by atoms with Crippen LogP contribution in [0.2, 0.25) is 0 Å². The molecule has 1 aliphatic rings. The summed E-state index contributed by atoms with van der Waals surface area (Å²) in [6, 6.07) is 0.477. The topological polar surface area (TPSA) is 108 Å². The fourth-order valence-corrected chi connectivity index (χ4v) is 4.27. The number of nitrogens with one attached hydrogen (secondary N) is 1. The van der Waals surface area contributed by atoms with Crippen LogP contribution in [0.25, 0.3) is 0 Å². The first-order chi connectivity index (χ1) is 14.8. The molecule has 2 rings (SSSR count). The van der Waals surface area contributed by atoms with Crippen molar-refractivity contribution in [1.82, 2.24) is 25.2 Å². The minimum Gasteiger partial charge on any atom is -0.378 e. The van der Waals surface area contributed by atoms with Gasteiger partial charge in [0.1, 0.15) is 0 Å². The second kappa shape index (κ2) is 13.4. The quantitative estimate of drug-likeness (QED) is 0.324. The fraction of sp³-hybridized carbons (Fsp3) is 0.900. The van der Waals surface area contributed by atoms with Crippen molar-refractivity contribution in [3.63, 3.8) is 0 Å². The molecule has 0 bridgehead atoms. The first kappa shape index (κ1) is 26.1. The Labute approximate surface area is 186 Å². The Balaban J connectivity index is 1.54. The molecule has 0 radical (unpaired) electrons. The molecule has 0 spiro atoms. The molecule has 1 aromatic rings. The Morgan fingerprint density at radius 1 is 1.06 bits per heavy atom. The Kier molecular flexibility index (Phi) is 11.3. The molecule has 0 saturated carbocycles. The van der Waals surface area contributed by atoms with Crippen LogP contribution in [0, 0.1) is 0 Å². The van der Waals surface area contributed by atoms with Crippen LogP contribution in [-0.4, -0.2) is 105 Å². The van der Waals surface area contributed by atoms with E-state index in [2.05, 4.69) is 41.3 Å². The van der Waals surface area contributed by atoms with Gasteiger partial charge in [0.05, 0.1) is 62.8 Å². The van der Waals surface area contributed by atoms with Gasteiger partial charge in [-0.2, -0.15) is 0 Å². The summed E-state index contributed by atoms with van der Waals surface area (Å²) in [6.45, 7) is 13.0.